The van der Waals surface area contributed by atoms with E-state index in [-0.39, 0.29) is 0 Å². The lowest BCUT2D eigenvalue weighted by atomic mass is 10.2. The lowest BCUT2D eigenvalue weighted by Crippen LogP contribution is -1.92. The van der Waals surface area contributed by atoms with Gasteiger partial charge in [-0.3, -0.25) is 0 Å². The molecule has 0 saturated carbocycles. The first kappa shape index (κ1) is 11.8. The number of para-hydroxylation sites is 1. The van der Waals surface area contributed by atoms with E-state index in [9.17, 15) is 0 Å². The number of ether oxygens (including phenoxy) is 2. The molecular weight excluding hydrogens is 236 g/mol. The van der Waals surface area contributed by atoms with Crippen molar-refractivity contribution in [3.63, 3.8) is 0 Å². The van der Waals surface area contributed by atoms with Crippen LogP contribution in [-0.2, 0) is 0 Å². The Balaban J connectivity index is 2.33. The third-order valence-corrected chi connectivity index (χ3v) is 2.64. The molecule has 0 radical (unpaired) electrons. The van der Waals surface area contributed by atoms with Gasteiger partial charge < -0.3 is 9.47 Å². The first-order valence-corrected chi connectivity index (χ1v) is 5.65. The Morgan fingerprint density at radius 1 is 1.06 bits per heavy atom. The molecule has 2 aromatic carbocycles. The molecule has 0 atom stereocenters. The quantitative estimate of drug-likeness (QED) is 0.799. The summed E-state index contributed by atoms with van der Waals surface area (Å²) in [4.78, 5) is 0. The zero-order valence-corrected chi connectivity index (χ0v) is 10.5. The van der Waals surface area contributed by atoms with Crippen molar-refractivity contribution in [2.75, 3.05) is 7.11 Å². The van der Waals surface area contributed by atoms with E-state index < -0.39 is 0 Å². The number of hydrogen-bond donors (Lipinski definition) is 0. The predicted octanol–water partition coefficient (Wildman–Crippen LogP) is 4.45. The van der Waals surface area contributed by atoms with Crippen LogP contribution in [0.4, 0.5) is 0 Å². The van der Waals surface area contributed by atoms with E-state index in [1.807, 2.05) is 43.3 Å². The SMILES string of the molecule is COc1c(C)cccc1Oc1cccc(Cl)c1. The molecule has 2 nitrogen and oxygen atoms in total. The highest BCUT2D eigenvalue weighted by Gasteiger charge is 2.07. The third kappa shape index (κ3) is 2.71. The van der Waals surface area contributed by atoms with Crippen LogP contribution in [0.3, 0.4) is 0 Å². The van der Waals surface area contributed by atoms with Crippen LogP contribution in [0.1, 0.15) is 5.56 Å². The molecule has 0 N–H and O–H groups in total. The molecule has 0 fully saturated rings. The standard InChI is InChI=1S/C14H13ClO2/c1-10-5-3-8-13(14(10)16-2)17-12-7-4-6-11(15)9-12/h3-9H,1-2H3. The fraction of sp³-hybridized carbons (Fsp3) is 0.143. The second-order valence-corrected chi connectivity index (χ2v) is 4.10. The summed E-state index contributed by atoms with van der Waals surface area (Å²) in [5, 5.41) is 0.647. The highest BCUT2D eigenvalue weighted by Crippen LogP contribution is 2.34. The van der Waals surface area contributed by atoms with E-state index in [4.69, 9.17) is 21.1 Å². The van der Waals surface area contributed by atoms with Gasteiger partial charge in [0.15, 0.2) is 11.5 Å². The average molecular weight is 249 g/mol. The van der Waals surface area contributed by atoms with Gasteiger partial charge in [0.05, 0.1) is 7.11 Å². The Kier molecular flexibility index (Phi) is 3.55. The number of benzene rings is 2. The Morgan fingerprint density at radius 3 is 2.53 bits per heavy atom. The number of hydrogen-bond acceptors (Lipinski definition) is 2. The summed E-state index contributed by atoms with van der Waals surface area (Å²) in [6, 6.07) is 13.0. The van der Waals surface area contributed by atoms with Crippen LogP contribution in [0.25, 0.3) is 0 Å². The van der Waals surface area contributed by atoms with Crippen molar-refractivity contribution in [3.05, 3.63) is 53.1 Å². The Bertz CT molecular complexity index is 523. The first-order chi connectivity index (χ1) is 8.20. The Labute approximate surface area is 106 Å². The lowest BCUT2D eigenvalue weighted by molar-refractivity contribution is 0.376. The molecule has 88 valence electrons. The van der Waals surface area contributed by atoms with E-state index in [1.54, 1.807) is 13.2 Å². The summed E-state index contributed by atoms with van der Waals surface area (Å²) >= 11 is 5.90. The van der Waals surface area contributed by atoms with Gasteiger partial charge in [-0.2, -0.15) is 0 Å². The number of aryl methyl sites for hydroxylation is 1. The highest BCUT2D eigenvalue weighted by molar-refractivity contribution is 6.30. The molecule has 2 rings (SSSR count). The lowest BCUT2D eigenvalue weighted by Gasteiger charge is -2.12. The molecular formula is C14H13ClO2. The van der Waals surface area contributed by atoms with Crippen LogP contribution < -0.4 is 9.47 Å². The van der Waals surface area contributed by atoms with Crippen LogP contribution in [0, 0.1) is 6.92 Å². The zero-order valence-electron chi connectivity index (χ0n) is 9.74. The van der Waals surface area contributed by atoms with Gasteiger partial charge in [-0.15, -0.1) is 0 Å². The van der Waals surface area contributed by atoms with E-state index in [2.05, 4.69) is 0 Å². The van der Waals surface area contributed by atoms with Crippen LogP contribution in [0.15, 0.2) is 42.5 Å². The largest absolute Gasteiger partial charge is 0.493 e. The van der Waals surface area contributed by atoms with Crippen molar-refractivity contribution in [2.24, 2.45) is 0 Å². The normalized spacial score (nSPS) is 10.1. The molecule has 0 aliphatic carbocycles. The molecule has 0 saturated heterocycles. The minimum absolute atomic E-state index is 0.647. The van der Waals surface area contributed by atoms with Gasteiger partial charge >= 0.3 is 0 Å². The molecule has 3 heteroatoms. The molecule has 2 aromatic rings. The first-order valence-electron chi connectivity index (χ1n) is 5.27. The maximum atomic E-state index is 5.90. The third-order valence-electron chi connectivity index (χ3n) is 2.40. The minimum atomic E-state index is 0.647. The maximum absolute atomic E-state index is 5.90. The smallest absolute Gasteiger partial charge is 0.169 e. The van der Waals surface area contributed by atoms with Crippen LogP contribution in [0.5, 0.6) is 17.2 Å². The molecule has 0 aliphatic rings. The number of rotatable bonds is 3. The molecule has 0 heterocycles. The topological polar surface area (TPSA) is 18.5 Å². The Hall–Kier alpha value is -1.67. The van der Waals surface area contributed by atoms with Gasteiger partial charge in [-0.1, -0.05) is 29.8 Å². The second kappa shape index (κ2) is 5.11. The van der Waals surface area contributed by atoms with E-state index >= 15 is 0 Å². The van der Waals surface area contributed by atoms with Crippen molar-refractivity contribution >= 4 is 11.6 Å². The molecule has 17 heavy (non-hydrogen) atoms. The minimum Gasteiger partial charge on any atom is -0.493 e. The van der Waals surface area contributed by atoms with Gasteiger partial charge in [-0.25, -0.2) is 0 Å². The van der Waals surface area contributed by atoms with Gasteiger partial charge in [0.2, 0.25) is 0 Å². The molecule has 0 amide bonds. The van der Waals surface area contributed by atoms with Crippen LogP contribution in [0.2, 0.25) is 5.02 Å². The zero-order chi connectivity index (χ0) is 12.3. The molecule has 0 aliphatic heterocycles. The van der Waals surface area contributed by atoms with Gasteiger partial charge in [0, 0.05) is 5.02 Å². The van der Waals surface area contributed by atoms with Crippen molar-refractivity contribution in [2.45, 2.75) is 6.92 Å². The Morgan fingerprint density at radius 2 is 1.82 bits per heavy atom. The summed E-state index contributed by atoms with van der Waals surface area (Å²) in [6.45, 7) is 1.98. The molecule has 0 spiro atoms. The summed E-state index contributed by atoms with van der Waals surface area (Å²) in [5.74, 6) is 2.13. The maximum Gasteiger partial charge on any atom is 0.169 e. The van der Waals surface area contributed by atoms with Crippen LogP contribution >= 0.6 is 11.6 Å². The van der Waals surface area contributed by atoms with Crippen molar-refractivity contribution in [1.29, 1.82) is 0 Å². The monoisotopic (exact) mass is 248 g/mol. The molecule has 0 bridgehead atoms. The summed E-state index contributed by atoms with van der Waals surface area (Å²) in [5.41, 5.74) is 1.03. The van der Waals surface area contributed by atoms with Gasteiger partial charge in [0.1, 0.15) is 5.75 Å². The summed E-state index contributed by atoms with van der Waals surface area (Å²) in [7, 11) is 1.63. The number of halogens is 1. The average Bonchev–Trinajstić information content (AvgIpc) is 2.29. The fourth-order valence-electron chi connectivity index (χ4n) is 1.62. The van der Waals surface area contributed by atoms with Gasteiger partial charge in [-0.05, 0) is 36.8 Å². The summed E-state index contributed by atoms with van der Waals surface area (Å²) in [6.07, 6.45) is 0. The van der Waals surface area contributed by atoms with Crippen molar-refractivity contribution in [1.82, 2.24) is 0 Å². The predicted molar refractivity (Wildman–Crippen MR) is 69.3 cm³/mol. The fourth-order valence-corrected chi connectivity index (χ4v) is 1.81. The van der Waals surface area contributed by atoms with E-state index in [1.165, 1.54) is 0 Å². The highest BCUT2D eigenvalue weighted by atomic mass is 35.5. The molecule has 0 unspecified atom stereocenters. The van der Waals surface area contributed by atoms with E-state index in [0.29, 0.717) is 16.5 Å². The van der Waals surface area contributed by atoms with E-state index in [0.717, 1.165) is 11.3 Å². The summed E-state index contributed by atoms with van der Waals surface area (Å²) < 4.78 is 11.1. The number of methoxy groups -OCH3 is 1. The van der Waals surface area contributed by atoms with Crippen molar-refractivity contribution in [3.8, 4) is 17.2 Å². The van der Waals surface area contributed by atoms with Crippen molar-refractivity contribution < 1.29 is 9.47 Å². The second-order valence-electron chi connectivity index (χ2n) is 3.67. The van der Waals surface area contributed by atoms with Gasteiger partial charge in [0.25, 0.3) is 0 Å². The van der Waals surface area contributed by atoms with Crippen LogP contribution in [-0.4, -0.2) is 7.11 Å². The molecule has 0 aromatic heterocycles.